The van der Waals surface area contributed by atoms with Crippen molar-refractivity contribution in [2.45, 2.75) is 13.3 Å². The third-order valence-electron chi connectivity index (χ3n) is 3.58. The van der Waals surface area contributed by atoms with Gasteiger partial charge in [-0.15, -0.1) is 0 Å². The SMILES string of the molecule is CCC(=O)Nc1ccc(C(=O)NNC(=S)NC(=O)/C=C/c2ccc(Cl)cc2)cc1. The lowest BCUT2D eigenvalue weighted by Crippen LogP contribution is -2.48. The molecule has 0 unspecified atom stereocenters. The number of halogens is 1. The molecule has 7 nitrogen and oxygen atoms in total. The molecule has 0 aliphatic carbocycles. The van der Waals surface area contributed by atoms with Crippen LogP contribution in [-0.4, -0.2) is 22.8 Å². The third-order valence-corrected chi connectivity index (χ3v) is 4.03. The molecule has 0 atom stereocenters. The minimum absolute atomic E-state index is 0.0593. The number of benzene rings is 2. The number of thiocarbonyl (C=S) groups is 1. The molecule has 0 aromatic heterocycles. The molecule has 9 heteroatoms. The molecule has 2 aromatic rings. The van der Waals surface area contributed by atoms with Crippen LogP contribution >= 0.6 is 23.8 Å². The van der Waals surface area contributed by atoms with Gasteiger partial charge in [-0.25, -0.2) is 0 Å². The number of carbonyl (C=O) groups is 3. The number of hydrazine groups is 1. The summed E-state index contributed by atoms with van der Waals surface area (Å²) in [5.41, 5.74) is 6.58. The van der Waals surface area contributed by atoms with E-state index in [1.807, 2.05) is 0 Å². The standard InChI is InChI=1S/C20H19ClN4O3S/c1-2-17(26)22-16-10-6-14(7-11-16)19(28)24-25-20(29)23-18(27)12-5-13-3-8-15(21)9-4-13/h3-12H,2H2,1H3,(H,22,26)(H,24,28)(H2,23,25,27,29)/b12-5+. The molecule has 0 radical (unpaired) electrons. The van der Waals surface area contributed by atoms with E-state index in [-0.39, 0.29) is 11.0 Å². The lowest BCUT2D eigenvalue weighted by Gasteiger charge is -2.10. The maximum Gasteiger partial charge on any atom is 0.269 e. The fourth-order valence-electron chi connectivity index (χ4n) is 2.07. The molecule has 0 heterocycles. The molecule has 29 heavy (non-hydrogen) atoms. The quantitative estimate of drug-likeness (QED) is 0.332. The lowest BCUT2D eigenvalue weighted by atomic mass is 10.2. The van der Waals surface area contributed by atoms with E-state index in [2.05, 4.69) is 21.5 Å². The molecule has 0 fully saturated rings. The molecular formula is C20H19ClN4O3S. The van der Waals surface area contributed by atoms with Gasteiger partial charge in [-0.1, -0.05) is 30.7 Å². The normalized spacial score (nSPS) is 10.3. The van der Waals surface area contributed by atoms with Gasteiger partial charge in [-0.2, -0.15) is 0 Å². The van der Waals surface area contributed by atoms with Crippen molar-refractivity contribution in [3.8, 4) is 0 Å². The summed E-state index contributed by atoms with van der Waals surface area (Å²) in [6.07, 6.45) is 3.28. The van der Waals surface area contributed by atoms with Crippen LogP contribution in [0.25, 0.3) is 6.08 Å². The van der Waals surface area contributed by atoms with Gasteiger partial charge in [0.05, 0.1) is 0 Å². The van der Waals surface area contributed by atoms with Crippen molar-refractivity contribution in [3.63, 3.8) is 0 Å². The topological polar surface area (TPSA) is 99.3 Å². The van der Waals surface area contributed by atoms with E-state index in [0.717, 1.165) is 5.56 Å². The van der Waals surface area contributed by atoms with E-state index in [4.69, 9.17) is 23.8 Å². The Labute approximate surface area is 178 Å². The number of carbonyl (C=O) groups excluding carboxylic acids is 3. The van der Waals surface area contributed by atoms with Crippen molar-refractivity contribution in [3.05, 3.63) is 70.8 Å². The van der Waals surface area contributed by atoms with Gasteiger partial charge in [0, 0.05) is 28.8 Å². The molecule has 4 N–H and O–H groups in total. The zero-order chi connectivity index (χ0) is 21.2. The second-order valence-corrected chi connectivity index (χ2v) is 6.61. The lowest BCUT2D eigenvalue weighted by molar-refractivity contribution is -0.116. The minimum atomic E-state index is -0.456. The van der Waals surface area contributed by atoms with Crippen LogP contribution < -0.4 is 21.5 Å². The van der Waals surface area contributed by atoms with Gasteiger partial charge in [-0.05, 0) is 60.3 Å². The smallest absolute Gasteiger partial charge is 0.269 e. The summed E-state index contributed by atoms with van der Waals surface area (Å²) in [5, 5.41) is 5.65. The van der Waals surface area contributed by atoms with Crippen LogP contribution in [0.15, 0.2) is 54.6 Å². The summed E-state index contributed by atoms with van der Waals surface area (Å²) in [7, 11) is 0. The number of anilines is 1. The Morgan fingerprint density at radius 2 is 1.66 bits per heavy atom. The summed E-state index contributed by atoms with van der Waals surface area (Å²) in [4.78, 5) is 35.3. The molecule has 0 aliphatic heterocycles. The molecule has 3 amide bonds. The Morgan fingerprint density at radius 3 is 2.28 bits per heavy atom. The molecule has 2 aromatic carbocycles. The minimum Gasteiger partial charge on any atom is -0.326 e. The average molecular weight is 431 g/mol. The zero-order valence-electron chi connectivity index (χ0n) is 15.5. The van der Waals surface area contributed by atoms with Gasteiger partial charge in [0.15, 0.2) is 5.11 Å². The van der Waals surface area contributed by atoms with Crippen molar-refractivity contribution in [1.82, 2.24) is 16.2 Å². The van der Waals surface area contributed by atoms with Gasteiger partial charge < -0.3 is 5.32 Å². The fourth-order valence-corrected chi connectivity index (χ4v) is 2.35. The molecule has 0 aliphatic rings. The van der Waals surface area contributed by atoms with Crippen LogP contribution in [0.1, 0.15) is 29.3 Å². The van der Waals surface area contributed by atoms with Crippen LogP contribution in [0.2, 0.25) is 5.02 Å². The number of amides is 3. The Bertz CT molecular complexity index is 928. The van der Waals surface area contributed by atoms with Gasteiger partial charge >= 0.3 is 0 Å². The van der Waals surface area contributed by atoms with E-state index in [1.54, 1.807) is 61.5 Å². The fraction of sp³-hybridized carbons (Fsp3) is 0.100. The van der Waals surface area contributed by atoms with Gasteiger partial charge in [0.1, 0.15) is 0 Å². The van der Waals surface area contributed by atoms with Crippen LogP contribution in [0.4, 0.5) is 5.69 Å². The second kappa shape index (κ2) is 10.9. The first-order chi connectivity index (χ1) is 13.9. The molecule has 150 valence electrons. The van der Waals surface area contributed by atoms with Crippen LogP contribution in [0.3, 0.4) is 0 Å². The third kappa shape index (κ3) is 7.73. The monoisotopic (exact) mass is 430 g/mol. The summed E-state index contributed by atoms with van der Waals surface area (Å²) < 4.78 is 0. The second-order valence-electron chi connectivity index (χ2n) is 5.76. The molecule has 0 spiro atoms. The number of nitrogens with one attached hydrogen (secondary N) is 4. The summed E-state index contributed by atoms with van der Waals surface area (Å²) in [5.74, 6) is -1.02. The first kappa shape index (κ1) is 22.1. The highest BCUT2D eigenvalue weighted by atomic mass is 35.5. The van der Waals surface area contributed by atoms with Crippen molar-refractivity contribution in [2.75, 3.05) is 5.32 Å². The zero-order valence-corrected chi connectivity index (χ0v) is 17.1. The highest BCUT2D eigenvalue weighted by Gasteiger charge is 2.07. The van der Waals surface area contributed by atoms with Crippen LogP contribution in [0, 0.1) is 0 Å². The Balaban J connectivity index is 1.79. The summed E-state index contributed by atoms with van der Waals surface area (Å²) in [6.45, 7) is 1.75. The van der Waals surface area contributed by atoms with Crippen LogP contribution in [-0.2, 0) is 9.59 Å². The van der Waals surface area contributed by atoms with Crippen molar-refractivity contribution >= 4 is 58.4 Å². The molecule has 0 saturated heterocycles. The van der Waals surface area contributed by atoms with Crippen molar-refractivity contribution in [1.29, 1.82) is 0 Å². The van der Waals surface area contributed by atoms with Gasteiger partial charge in [0.25, 0.3) is 5.91 Å². The number of rotatable bonds is 5. The van der Waals surface area contributed by atoms with Gasteiger partial charge in [0.2, 0.25) is 11.8 Å². The summed E-state index contributed by atoms with van der Waals surface area (Å²) in [6, 6.07) is 13.3. The first-order valence-corrected chi connectivity index (χ1v) is 9.41. The highest BCUT2D eigenvalue weighted by Crippen LogP contribution is 2.11. The van der Waals surface area contributed by atoms with E-state index in [9.17, 15) is 14.4 Å². The first-order valence-electron chi connectivity index (χ1n) is 8.62. The van der Waals surface area contributed by atoms with E-state index in [0.29, 0.717) is 22.7 Å². The highest BCUT2D eigenvalue weighted by molar-refractivity contribution is 7.80. The Hall–Kier alpha value is -3.23. The maximum atomic E-state index is 12.1. The molecule has 0 saturated carbocycles. The number of hydrogen-bond donors (Lipinski definition) is 4. The Morgan fingerprint density at radius 1 is 1.00 bits per heavy atom. The largest absolute Gasteiger partial charge is 0.326 e. The van der Waals surface area contributed by atoms with E-state index in [1.165, 1.54) is 6.08 Å². The van der Waals surface area contributed by atoms with Crippen molar-refractivity contribution < 1.29 is 14.4 Å². The molecule has 2 rings (SSSR count). The van der Waals surface area contributed by atoms with Crippen molar-refractivity contribution in [2.24, 2.45) is 0 Å². The predicted molar refractivity (Wildman–Crippen MR) is 117 cm³/mol. The molecular weight excluding hydrogens is 412 g/mol. The molecule has 0 bridgehead atoms. The average Bonchev–Trinajstić information content (AvgIpc) is 2.72. The van der Waals surface area contributed by atoms with E-state index >= 15 is 0 Å². The predicted octanol–water partition coefficient (Wildman–Crippen LogP) is 3.04. The van der Waals surface area contributed by atoms with Crippen LogP contribution in [0.5, 0.6) is 0 Å². The maximum absolute atomic E-state index is 12.1. The Kier molecular flexibility index (Phi) is 8.32. The summed E-state index contributed by atoms with van der Waals surface area (Å²) >= 11 is 10.8. The number of hydrogen-bond acceptors (Lipinski definition) is 4. The van der Waals surface area contributed by atoms with Gasteiger partial charge in [-0.3, -0.25) is 30.6 Å². The van der Waals surface area contributed by atoms with E-state index < -0.39 is 11.8 Å².